The molecule has 1 saturated carbocycles. The Balaban J connectivity index is 1.30. The first-order valence-electron chi connectivity index (χ1n) is 13.2. The summed E-state index contributed by atoms with van der Waals surface area (Å²) < 4.78 is 24.4. The van der Waals surface area contributed by atoms with Crippen molar-refractivity contribution in [2.75, 3.05) is 26.1 Å². The second-order valence-corrected chi connectivity index (χ2v) is 10.6. The minimum Gasteiger partial charge on any atom is -0.497 e. The number of fused-ring (bicyclic) bond motifs is 1. The van der Waals surface area contributed by atoms with Crippen molar-refractivity contribution in [2.24, 2.45) is 0 Å². The standard InChI is InChI=1S/C29H31ClFN5O5/c1-15(27(38)34-25(14-37)18-6-19(31)9-21(7-18)40-2)36-13-17-5-4-16(8-23(17)28(36)39)26-24(30)12-32-29(35-26)33-20-10-22(11-20)41-3/h4-9,12,15,20,22,25,37H,10-11,13-14H2,1-3H3,(H,34,38)(H,32,33,35). The number of hydrogen-bond acceptors (Lipinski definition) is 8. The van der Waals surface area contributed by atoms with Gasteiger partial charge in [0.25, 0.3) is 5.91 Å². The van der Waals surface area contributed by atoms with E-state index < -0.39 is 30.4 Å². The molecular formula is C29H31ClFN5O5. The predicted octanol–water partition coefficient (Wildman–Crippen LogP) is 3.73. The molecule has 3 aromatic rings. The first-order chi connectivity index (χ1) is 19.7. The number of aliphatic hydroxyl groups is 1. The van der Waals surface area contributed by atoms with E-state index in [9.17, 15) is 19.1 Å². The van der Waals surface area contributed by atoms with Gasteiger partial charge in [-0.2, -0.15) is 0 Å². The fourth-order valence-corrected chi connectivity index (χ4v) is 5.25. The highest BCUT2D eigenvalue weighted by atomic mass is 35.5. The fourth-order valence-electron chi connectivity index (χ4n) is 5.05. The molecule has 5 rings (SSSR count). The molecule has 0 saturated heterocycles. The van der Waals surface area contributed by atoms with Gasteiger partial charge in [-0.15, -0.1) is 0 Å². The molecule has 0 radical (unpaired) electrons. The average Bonchev–Trinajstić information content (AvgIpc) is 3.28. The van der Waals surface area contributed by atoms with Gasteiger partial charge in [0.15, 0.2) is 0 Å². The van der Waals surface area contributed by atoms with Crippen molar-refractivity contribution in [3.8, 4) is 17.0 Å². The molecule has 12 heteroatoms. The predicted molar refractivity (Wildman–Crippen MR) is 150 cm³/mol. The van der Waals surface area contributed by atoms with Gasteiger partial charge in [-0.1, -0.05) is 23.7 Å². The van der Waals surface area contributed by atoms with E-state index in [2.05, 4.69) is 20.6 Å². The molecule has 2 aromatic carbocycles. The molecule has 0 spiro atoms. The van der Waals surface area contributed by atoms with E-state index >= 15 is 0 Å². The number of hydrogen-bond donors (Lipinski definition) is 3. The van der Waals surface area contributed by atoms with Crippen LogP contribution in [0.1, 0.15) is 47.3 Å². The number of amides is 2. The maximum absolute atomic E-state index is 14.0. The third kappa shape index (κ3) is 5.97. The van der Waals surface area contributed by atoms with Gasteiger partial charge in [0, 0.05) is 36.9 Å². The number of benzene rings is 2. The molecular weight excluding hydrogens is 553 g/mol. The van der Waals surface area contributed by atoms with Gasteiger partial charge in [-0.3, -0.25) is 9.59 Å². The highest BCUT2D eigenvalue weighted by molar-refractivity contribution is 6.33. The summed E-state index contributed by atoms with van der Waals surface area (Å²) in [5.41, 5.74) is 2.69. The monoisotopic (exact) mass is 583 g/mol. The number of aliphatic hydroxyl groups excluding tert-OH is 1. The third-order valence-corrected chi connectivity index (χ3v) is 7.88. The summed E-state index contributed by atoms with van der Waals surface area (Å²) in [5, 5.41) is 16.3. The third-order valence-electron chi connectivity index (χ3n) is 7.60. The van der Waals surface area contributed by atoms with Crippen molar-refractivity contribution < 1.29 is 28.6 Å². The molecule has 1 aliphatic carbocycles. The van der Waals surface area contributed by atoms with E-state index in [4.69, 9.17) is 21.1 Å². The molecule has 1 fully saturated rings. The van der Waals surface area contributed by atoms with E-state index in [1.807, 2.05) is 12.1 Å². The summed E-state index contributed by atoms with van der Waals surface area (Å²) in [6.45, 7) is 1.37. The van der Waals surface area contributed by atoms with Gasteiger partial charge in [0.1, 0.15) is 17.6 Å². The zero-order chi connectivity index (χ0) is 29.3. The maximum Gasteiger partial charge on any atom is 0.255 e. The number of nitrogens with zero attached hydrogens (tertiary/aromatic N) is 3. The first-order valence-corrected chi connectivity index (χ1v) is 13.6. The maximum atomic E-state index is 14.0. The van der Waals surface area contributed by atoms with Crippen LogP contribution < -0.4 is 15.4 Å². The molecule has 2 aliphatic rings. The molecule has 2 atom stereocenters. The molecule has 1 aliphatic heterocycles. The van der Waals surface area contributed by atoms with Crippen LogP contribution in [0.5, 0.6) is 5.75 Å². The van der Waals surface area contributed by atoms with Crippen LogP contribution in [0, 0.1) is 5.82 Å². The number of methoxy groups -OCH3 is 2. The average molecular weight is 584 g/mol. The number of anilines is 1. The largest absolute Gasteiger partial charge is 0.497 e. The molecule has 2 amide bonds. The Kier molecular flexibility index (Phi) is 8.39. The molecule has 3 N–H and O–H groups in total. The zero-order valence-electron chi connectivity index (χ0n) is 22.9. The van der Waals surface area contributed by atoms with Crippen molar-refractivity contribution in [3.05, 3.63) is 70.1 Å². The van der Waals surface area contributed by atoms with E-state index in [-0.39, 0.29) is 30.3 Å². The van der Waals surface area contributed by atoms with Crippen molar-refractivity contribution in [3.63, 3.8) is 0 Å². The quantitative estimate of drug-likeness (QED) is 0.330. The lowest BCUT2D eigenvalue weighted by Gasteiger charge is -2.34. The zero-order valence-corrected chi connectivity index (χ0v) is 23.6. The number of carbonyl (C=O) groups is 2. The van der Waals surface area contributed by atoms with Gasteiger partial charge in [-0.25, -0.2) is 14.4 Å². The number of rotatable bonds is 10. The molecule has 216 valence electrons. The Morgan fingerprint density at radius 1 is 1.24 bits per heavy atom. The van der Waals surface area contributed by atoms with Crippen LogP contribution in [0.25, 0.3) is 11.3 Å². The van der Waals surface area contributed by atoms with Crippen molar-refractivity contribution in [2.45, 2.75) is 50.5 Å². The summed E-state index contributed by atoms with van der Waals surface area (Å²) in [6.07, 6.45) is 3.48. The molecule has 0 bridgehead atoms. The Labute approximate surface area is 241 Å². The second-order valence-electron chi connectivity index (χ2n) is 10.2. The fraction of sp³-hybridized carbons (Fsp3) is 0.379. The molecule has 2 unspecified atom stereocenters. The Hall–Kier alpha value is -3.80. The normalized spacial score (nSPS) is 19.3. The van der Waals surface area contributed by atoms with Crippen LogP contribution in [-0.2, 0) is 16.1 Å². The van der Waals surface area contributed by atoms with Crippen molar-refractivity contribution in [1.82, 2.24) is 20.2 Å². The number of nitrogens with one attached hydrogen (secondary N) is 2. The number of aromatic nitrogens is 2. The van der Waals surface area contributed by atoms with Crippen molar-refractivity contribution >= 4 is 29.4 Å². The van der Waals surface area contributed by atoms with E-state index in [1.54, 1.807) is 20.1 Å². The van der Waals surface area contributed by atoms with Crippen LogP contribution in [0.3, 0.4) is 0 Å². The lowest BCUT2D eigenvalue weighted by Crippen LogP contribution is -2.46. The van der Waals surface area contributed by atoms with Crippen LogP contribution in [0.15, 0.2) is 42.6 Å². The van der Waals surface area contributed by atoms with E-state index in [0.29, 0.717) is 33.4 Å². The van der Waals surface area contributed by atoms with Crippen LogP contribution in [-0.4, -0.2) is 70.8 Å². The van der Waals surface area contributed by atoms with Crippen LogP contribution in [0.2, 0.25) is 5.02 Å². The van der Waals surface area contributed by atoms with Gasteiger partial charge >= 0.3 is 0 Å². The van der Waals surface area contributed by atoms with Gasteiger partial charge in [-0.05, 0) is 49.1 Å². The summed E-state index contributed by atoms with van der Waals surface area (Å²) in [6, 6.07) is 7.80. The summed E-state index contributed by atoms with van der Waals surface area (Å²) in [5.74, 6) is -0.667. The van der Waals surface area contributed by atoms with E-state index in [1.165, 1.54) is 36.4 Å². The lowest BCUT2D eigenvalue weighted by atomic mass is 9.89. The highest BCUT2D eigenvalue weighted by Gasteiger charge is 2.35. The highest BCUT2D eigenvalue weighted by Crippen LogP contribution is 2.33. The summed E-state index contributed by atoms with van der Waals surface area (Å²) >= 11 is 6.44. The molecule has 10 nitrogen and oxygen atoms in total. The smallest absolute Gasteiger partial charge is 0.255 e. The number of carbonyl (C=O) groups excluding carboxylic acids is 2. The first kappa shape index (κ1) is 28.7. The second kappa shape index (κ2) is 12.0. The topological polar surface area (TPSA) is 126 Å². The molecule has 2 heterocycles. The van der Waals surface area contributed by atoms with E-state index in [0.717, 1.165) is 18.4 Å². The SMILES string of the molecule is COc1cc(F)cc(C(CO)NC(=O)C(C)N2Cc3ccc(-c4nc(NC5CC(OC)C5)ncc4Cl)cc3C2=O)c1. The summed E-state index contributed by atoms with van der Waals surface area (Å²) in [4.78, 5) is 36.9. The van der Waals surface area contributed by atoms with Crippen molar-refractivity contribution in [1.29, 1.82) is 0 Å². The van der Waals surface area contributed by atoms with Crippen LogP contribution >= 0.6 is 11.6 Å². The minimum atomic E-state index is -0.885. The van der Waals surface area contributed by atoms with Gasteiger partial charge in [0.05, 0.1) is 42.8 Å². The minimum absolute atomic E-state index is 0.213. The molecule has 41 heavy (non-hydrogen) atoms. The van der Waals surface area contributed by atoms with Crippen LogP contribution in [0.4, 0.5) is 10.3 Å². The Bertz CT molecular complexity index is 1470. The number of halogens is 2. The summed E-state index contributed by atoms with van der Waals surface area (Å²) in [7, 11) is 3.09. The van der Waals surface area contributed by atoms with Gasteiger partial charge in [0.2, 0.25) is 11.9 Å². The number of ether oxygens (including phenoxy) is 2. The lowest BCUT2D eigenvalue weighted by molar-refractivity contribution is -0.126. The Morgan fingerprint density at radius 3 is 2.73 bits per heavy atom. The van der Waals surface area contributed by atoms with Gasteiger partial charge < -0.3 is 30.1 Å². The Morgan fingerprint density at radius 2 is 2.02 bits per heavy atom. The molecule has 1 aromatic heterocycles.